The Kier molecular flexibility index (Phi) is 12.7. The number of carbonyl (C=O) groups is 2. The van der Waals surface area contributed by atoms with Crippen LogP contribution in [0.15, 0.2) is 170 Å². The molecule has 0 aliphatic carbocycles. The lowest BCUT2D eigenvalue weighted by atomic mass is 10.1. The lowest BCUT2D eigenvalue weighted by molar-refractivity contribution is -0.138. The van der Waals surface area contributed by atoms with Crippen LogP contribution >= 0.6 is 0 Å². The van der Waals surface area contributed by atoms with Gasteiger partial charge in [-0.15, -0.1) is 0 Å². The van der Waals surface area contributed by atoms with Crippen molar-refractivity contribution in [1.82, 2.24) is 0 Å². The molecule has 0 atom stereocenters. The van der Waals surface area contributed by atoms with E-state index in [9.17, 15) is 9.59 Å². The second-order valence-electron chi connectivity index (χ2n) is 11.1. The Labute approximate surface area is 293 Å². The number of hydrazone groups is 1. The number of allylic oxidation sites excluding steroid dienone is 1. The highest BCUT2D eigenvalue weighted by molar-refractivity contribution is 5.82. The molecule has 0 aliphatic heterocycles. The predicted molar refractivity (Wildman–Crippen MR) is 203 cm³/mol. The number of ether oxygens (including phenoxy) is 2. The lowest BCUT2D eigenvalue weighted by Crippen LogP contribution is -2.10. The van der Waals surface area contributed by atoms with Crippen molar-refractivity contribution in [3.05, 3.63) is 182 Å². The number of rotatable bonds is 16. The molecule has 7 heteroatoms. The summed E-state index contributed by atoms with van der Waals surface area (Å²) in [5.74, 6) is -0.857. The van der Waals surface area contributed by atoms with Crippen LogP contribution in [-0.2, 0) is 31.9 Å². The largest absolute Gasteiger partial charge is 0.462 e. The molecule has 0 aromatic heterocycles. The monoisotopic (exact) mass is 661 g/mol. The van der Waals surface area contributed by atoms with Gasteiger partial charge in [-0.2, -0.15) is 5.10 Å². The summed E-state index contributed by atoms with van der Waals surface area (Å²) >= 11 is 0. The van der Waals surface area contributed by atoms with E-state index >= 15 is 0 Å². The van der Waals surface area contributed by atoms with Gasteiger partial charge in [0.2, 0.25) is 0 Å². The lowest BCUT2D eigenvalue weighted by Gasteiger charge is -2.26. The van der Waals surface area contributed by atoms with Gasteiger partial charge in [-0.25, -0.2) is 14.6 Å². The minimum Gasteiger partial charge on any atom is -0.462 e. The Morgan fingerprint density at radius 3 is 1.40 bits per heavy atom. The Balaban J connectivity index is 1.34. The van der Waals surface area contributed by atoms with Gasteiger partial charge in [-0.05, 0) is 83.4 Å². The molecular formula is C43H39N3O4. The van der Waals surface area contributed by atoms with Gasteiger partial charge in [0.25, 0.3) is 0 Å². The second kappa shape index (κ2) is 18.2. The molecule has 0 saturated heterocycles. The van der Waals surface area contributed by atoms with Crippen LogP contribution in [0.25, 0.3) is 6.08 Å². The van der Waals surface area contributed by atoms with Gasteiger partial charge in [0.15, 0.2) is 0 Å². The van der Waals surface area contributed by atoms with E-state index in [0.717, 1.165) is 45.1 Å². The van der Waals surface area contributed by atoms with E-state index in [1.54, 1.807) is 6.21 Å². The summed E-state index contributed by atoms with van der Waals surface area (Å²) in [6.07, 6.45) is 9.28. The van der Waals surface area contributed by atoms with Gasteiger partial charge >= 0.3 is 11.9 Å². The van der Waals surface area contributed by atoms with Crippen LogP contribution < -0.4 is 9.91 Å². The van der Waals surface area contributed by atoms with Crippen molar-refractivity contribution >= 4 is 52.7 Å². The molecule has 0 unspecified atom stereocenters. The minimum atomic E-state index is -0.429. The quantitative estimate of drug-likeness (QED) is 0.0454. The molecule has 7 nitrogen and oxygen atoms in total. The van der Waals surface area contributed by atoms with E-state index in [2.05, 4.69) is 66.6 Å². The third kappa shape index (κ3) is 10.0. The smallest absolute Gasteiger partial charge is 0.330 e. The fourth-order valence-corrected chi connectivity index (χ4v) is 5.14. The van der Waals surface area contributed by atoms with Crippen molar-refractivity contribution < 1.29 is 19.1 Å². The highest BCUT2D eigenvalue weighted by atomic mass is 16.5. The van der Waals surface area contributed by atoms with E-state index < -0.39 is 11.9 Å². The molecule has 0 spiro atoms. The fraction of sp³-hybridized carbons (Fsp3) is 0.0930. The second-order valence-corrected chi connectivity index (χ2v) is 11.1. The van der Waals surface area contributed by atoms with Gasteiger partial charge in [0.1, 0.15) is 0 Å². The summed E-state index contributed by atoms with van der Waals surface area (Å²) in [7, 11) is 0. The van der Waals surface area contributed by atoms with Gasteiger partial charge in [0.05, 0.1) is 24.6 Å². The van der Waals surface area contributed by atoms with Crippen LogP contribution in [0.1, 0.15) is 16.7 Å². The average molecular weight is 662 g/mol. The first-order valence-electron chi connectivity index (χ1n) is 16.3. The Bertz CT molecular complexity index is 1790. The number of benzene rings is 5. The summed E-state index contributed by atoms with van der Waals surface area (Å²) in [6.45, 7) is 7.45. The number of hydrogen-bond acceptors (Lipinski definition) is 7. The molecule has 0 heterocycles. The van der Waals surface area contributed by atoms with E-state index in [0.29, 0.717) is 12.8 Å². The third-order valence-corrected chi connectivity index (χ3v) is 7.70. The van der Waals surface area contributed by atoms with Crippen molar-refractivity contribution in [2.75, 3.05) is 23.1 Å². The fourth-order valence-electron chi connectivity index (χ4n) is 5.14. The van der Waals surface area contributed by atoms with Crippen LogP contribution in [0, 0.1) is 0 Å². The molecule has 5 rings (SSSR count). The van der Waals surface area contributed by atoms with Crippen molar-refractivity contribution in [3.63, 3.8) is 0 Å². The summed E-state index contributed by atoms with van der Waals surface area (Å²) < 4.78 is 10.3. The molecule has 0 bridgehead atoms. The molecule has 0 radical (unpaired) electrons. The number of esters is 2. The first kappa shape index (κ1) is 34.9. The molecule has 5 aromatic rings. The molecule has 0 amide bonds. The Morgan fingerprint density at radius 2 is 0.980 bits per heavy atom. The van der Waals surface area contributed by atoms with Gasteiger partial charge < -0.3 is 14.4 Å². The van der Waals surface area contributed by atoms with Crippen LogP contribution in [0.3, 0.4) is 0 Å². The zero-order chi connectivity index (χ0) is 35.0. The van der Waals surface area contributed by atoms with Crippen molar-refractivity contribution in [3.8, 4) is 0 Å². The normalized spacial score (nSPS) is 10.9. The molecule has 0 aliphatic rings. The van der Waals surface area contributed by atoms with Crippen LogP contribution in [0.2, 0.25) is 0 Å². The van der Waals surface area contributed by atoms with Gasteiger partial charge in [0, 0.05) is 48.3 Å². The van der Waals surface area contributed by atoms with Gasteiger partial charge in [-0.3, -0.25) is 0 Å². The summed E-state index contributed by atoms with van der Waals surface area (Å²) in [5, 5.41) is 6.64. The predicted octanol–water partition coefficient (Wildman–Crippen LogP) is 9.54. The summed E-state index contributed by atoms with van der Waals surface area (Å²) in [5.41, 5.74) is 8.01. The number of nitrogens with zero attached hydrogens (tertiary/aromatic N) is 3. The van der Waals surface area contributed by atoms with E-state index in [1.807, 2.05) is 102 Å². The summed E-state index contributed by atoms with van der Waals surface area (Å²) in [4.78, 5) is 25.0. The molecule has 0 N–H and O–H groups in total. The Hall–Kier alpha value is -6.47. The average Bonchev–Trinajstić information content (AvgIpc) is 3.17. The van der Waals surface area contributed by atoms with E-state index in [1.165, 1.54) is 12.2 Å². The zero-order valence-corrected chi connectivity index (χ0v) is 27.8. The molecule has 0 fully saturated rings. The number of para-hydroxylation sites is 2. The van der Waals surface area contributed by atoms with Crippen LogP contribution in [0.4, 0.5) is 28.4 Å². The first-order valence-corrected chi connectivity index (χ1v) is 16.3. The zero-order valence-electron chi connectivity index (χ0n) is 27.8. The molecule has 250 valence electrons. The maximum absolute atomic E-state index is 11.4. The highest BCUT2D eigenvalue weighted by Gasteiger charge is 2.13. The van der Waals surface area contributed by atoms with E-state index in [4.69, 9.17) is 14.6 Å². The molecule has 50 heavy (non-hydrogen) atoms. The SMILES string of the molecule is C=CC(=O)OCCc1ccc(N(c2ccc(C=CC=NN(c3ccccc3)c3ccccc3)cc2)c2ccc(CCOC(=O)C=C)cc2)cc1. The topological polar surface area (TPSA) is 71.4 Å². The minimum absolute atomic E-state index is 0.285. The van der Waals surface area contributed by atoms with E-state index in [-0.39, 0.29) is 13.2 Å². The first-order chi connectivity index (χ1) is 24.5. The van der Waals surface area contributed by atoms with Gasteiger partial charge in [-0.1, -0.05) is 92.0 Å². The van der Waals surface area contributed by atoms with Crippen LogP contribution in [0.5, 0.6) is 0 Å². The van der Waals surface area contributed by atoms with Crippen molar-refractivity contribution in [1.29, 1.82) is 0 Å². The van der Waals surface area contributed by atoms with Crippen molar-refractivity contribution in [2.45, 2.75) is 12.8 Å². The molecule has 5 aromatic carbocycles. The highest BCUT2D eigenvalue weighted by Crippen LogP contribution is 2.35. The number of anilines is 5. The third-order valence-electron chi connectivity index (χ3n) is 7.70. The maximum Gasteiger partial charge on any atom is 0.330 e. The summed E-state index contributed by atoms with van der Waals surface area (Å²) in [6, 6.07) is 44.8. The standard InChI is InChI=1S/C43H39N3O4/c1-3-42(47)49-32-29-35-19-25-38(26-20-35)45(39-27-21-36(22-28-39)30-33-50-43(48)4-2)37-23-17-34(18-24-37)12-11-31-44-46(40-13-7-5-8-14-40)41-15-9-6-10-16-41/h3-28,31H,1-2,29-30,32-33H2. The van der Waals surface area contributed by atoms with Crippen LogP contribution in [-0.4, -0.2) is 31.4 Å². The maximum atomic E-state index is 11.4. The van der Waals surface area contributed by atoms with Crippen molar-refractivity contribution in [2.24, 2.45) is 5.10 Å². The Morgan fingerprint density at radius 1 is 0.560 bits per heavy atom. The number of carbonyl (C=O) groups excluding carboxylic acids is 2. The molecule has 0 saturated carbocycles. The number of hydrogen-bond donors (Lipinski definition) is 0. The molecular weight excluding hydrogens is 622 g/mol.